The highest BCUT2D eigenvalue weighted by Gasteiger charge is 2.30. The maximum Gasteiger partial charge on any atom is 0.234 e. The van der Waals surface area contributed by atoms with Crippen LogP contribution in [0.1, 0.15) is 31.0 Å². The van der Waals surface area contributed by atoms with E-state index in [0.717, 1.165) is 60.5 Å². The lowest BCUT2D eigenvalue weighted by Gasteiger charge is -2.17. The highest BCUT2D eigenvalue weighted by molar-refractivity contribution is 5.67. The van der Waals surface area contributed by atoms with E-state index in [-0.39, 0.29) is 12.5 Å². The average molecular weight is 462 g/mol. The number of aliphatic hydroxyl groups is 1. The molecule has 34 heavy (non-hydrogen) atoms. The van der Waals surface area contributed by atoms with E-state index in [9.17, 15) is 5.11 Å². The normalized spacial score (nSPS) is 18.2. The number of likely N-dealkylation sites (tertiary alicyclic amines) is 1. The third-order valence-electron chi connectivity index (χ3n) is 6.47. The fourth-order valence-electron chi connectivity index (χ4n) is 4.48. The van der Waals surface area contributed by atoms with Crippen LogP contribution in [0.5, 0.6) is 11.6 Å². The molecule has 6 heteroatoms. The summed E-state index contributed by atoms with van der Waals surface area (Å²) in [5.74, 6) is 1.90. The third kappa shape index (κ3) is 6.33. The molecular formula is C28H35N3O3. The van der Waals surface area contributed by atoms with Crippen LogP contribution < -0.4 is 9.47 Å². The van der Waals surface area contributed by atoms with Crippen molar-refractivity contribution in [1.29, 1.82) is 0 Å². The van der Waals surface area contributed by atoms with Gasteiger partial charge < -0.3 is 19.5 Å². The quantitative estimate of drug-likeness (QED) is 0.450. The molecule has 0 aliphatic carbocycles. The van der Waals surface area contributed by atoms with Crippen molar-refractivity contribution < 1.29 is 14.6 Å². The summed E-state index contributed by atoms with van der Waals surface area (Å²) in [7, 11) is 2.08. The molecule has 1 N–H and O–H groups in total. The molecule has 0 saturated carbocycles. The Balaban J connectivity index is 1.47. The van der Waals surface area contributed by atoms with E-state index < -0.39 is 0 Å². The molecule has 2 atom stereocenters. The van der Waals surface area contributed by atoms with Crippen LogP contribution in [-0.4, -0.2) is 53.6 Å². The van der Waals surface area contributed by atoms with Crippen LogP contribution >= 0.6 is 0 Å². The zero-order chi connectivity index (χ0) is 23.8. The Labute approximate surface area is 202 Å². The minimum atomic E-state index is 0.184. The van der Waals surface area contributed by atoms with E-state index in [4.69, 9.17) is 9.47 Å². The van der Waals surface area contributed by atoms with Crippen LogP contribution in [0.2, 0.25) is 0 Å². The summed E-state index contributed by atoms with van der Waals surface area (Å²) < 4.78 is 12.0. The first kappa shape index (κ1) is 24.2. The molecule has 3 aromatic rings. The number of aliphatic hydroxyl groups excluding tert-OH is 1. The largest absolute Gasteiger partial charge is 0.489 e. The maximum atomic E-state index is 9.67. The van der Waals surface area contributed by atoms with Crippen molar-refractivity contribution in [3.05, 3.63) is 71.9 Å². The predicted molar refractivity (Wildman–Crippen MR) is 134 cm³/mol. The van der Waals surface area contributed by atoms with Gasteiger partial charge in [0.25, 0.3) is 0 Å². The summed E-state index contributed by atoms with van der Waals surface area (Å²) in [4.78, 5) is 2.24. The fraction of sp³-hybridized carbons (Fsp3) is 0.429. The first-order chi connectivity index (χ1) is 16.7. The van der Waals surface area contributed by atoms with Crippen molar-refractivity contribution in [2.75, 3.05) is 33.4 Å². The lowest BCUT2D eigenvalue weighted by molar-refractivity contribution is 0.159. The molecule has 2 aromatic carbocycles. The summed E-state index contributed by atoms with van der Waals surface area (Å²) in [5, 5.41) is 18.5. The molecule has 1 aromatic heterocycles. The van der Waals surface area contributed by atoms with E-state index in [0.29, 0.717) is 25.0 Å². The molecule has 1 fully saturated rings. The van der Waals surface area contributed by atoms with Gasteiger partial charge in [-0.25, -0.2) is 0 Å². The number of nitrogens with zero attached hydrogens (tertiary/aromatic N) is 3. The number of rotatable bonds is 11. The number of ether oxygens (including phenoxy) is 2. The second-order valence-electron chi connectivity index (χ2n) is 9.18. The zero-order valence-corrected chi connectivity index (χ0v) is 20.2. The Kier molecular flexibility index (Phi) is 8.50. The first-order valence-corrected chi connectivity index (χ1v) is 12.2. The van der Waals surface area contributed by atoms with E-state index in [1.807, 2.05) is 36.4 Å². The third-order valence-corrected chi connectivity index (χ3v) is 6.47. The molecular weight excluding hydrogens is 426 g/mol. The van der Waals surface area contributed by atoms with Gasteiger partial charge in [0.15, 0.2) is 0 Å². The van der Waals surface area contributed by atoms with Crippen LogP contribution in [0.4, 0.5) is 0 Å². The average Bonchev–Trinajstić information content (AvgIpc) is 3.25. The second kappa shape index (κ2) is 12.0. The number of unbranched alkanes of at least 4 members (excludes halogenated alkanes) is 1. The molecule has 2 heterocycles. The van der Waals surface area contributed by atoms with E-state index in [1.165, 1.54) is 0 Å². The summed E-state index contributed by atoms with van der Waals surface area (Å²) in [6, 6.07) is 20.3. The van der Waals surface area contributed by atoms with Gasteiger partial charge in [-0.1, -0.05) is 55.8 Å². The molecule has 6 nitrogen and oxygen atoms in total. The minimum absolute atomic E-state index is 0.184. The van der Waals surface area contributed by atoms with Gasteiger partial charge in [0.05, 0.1) is 12.3 Å². The van der Waals surface area contributed by atoms with Crippen molar-refractivity contribution in [2.24, 2.45) is 11.8 Å². The smallest absolute Gasteiger partial charge is 0.234 e. The number of hydrogen-bond donors (Lipinski definition) is 1. The van der Waals surface area contributed by atoms with E-state index in [2.05, 4.69) is 53.3 Å². The van der Waals surface area contributed by atoms with Crippen molar-refractivity contribution in [1.82, 2.24) is 15.1 Å². The number of benzene rings is 2. The second-order valence-corrected chi connectivity index (χ2v) is 9.18. The molecule has 1 saturated heterocycles. The fourth-order valence-corrected chi connectivity index (χ4v) is 4.48. The Morgan fingerprint density at radius 3 is 2.47 bits per heavy atom. The zero-order valence-electron chi connectivity index (χ0n) is 20.2. The predicted octanol–water partition coefficient (Wildman–Crippen LogP) is 4.61. The van der Waals surface area contributed by atoms with Crippen LogP contribution in [-0.2, 0) is 13.0 Å². The molecule has 1 aliphatic heterocycles. The summed E-state index contributed by atoms with van der Waals surface area (Å²) in [6.07, 6.45) is 3.04. The Bertz CT molecular complexity index is 1030. The first-order valence-electron chi connectivity index (χ1n) is 12.2. The van der Waals surface area contributed by atoms with Crippen molar-refractivity contribution >= 4 is 0 Å². The van der Waals surface area contributed by atoms with Crippen molar-refractivity contribution in [2.45, 2.75) is 32.8 Å². The lowest BCUT2D eigenvalue weighted by Crippen LogP contribution is -2.23. The highest BCUT2D eigenvalue weighted by atomic mass is 16.5. The molecule has 0 bridgehead atoms. The Morgan fingerprint density at radius 2 is 1.74 bits per heavy atom. The van der Waals surface area contributed by atoms with Crippen LogP contribution in [0, 0.1) is 11.8 Å². The van der Waals surface area contributed by atoms with E-state index >= 15 is 0 Å². The molecule has 4 rings (SSSR count). The lowest BCUT2D eigenvalue weighted by atomic mass is 9.98. The van der Waals surface area contributed by atoms with Gasteiger partial charge >= 0.3 is 0 Å². The molecule has 0 amide bonds. The Morgan fingerprint density at radius 1 is 0.971 bits per heavy atom. The summed E-state index contributed by atoms with van der Waals surface area (Å²) in [5.41, 5.74) is 4.26. The molecule has 0 spiro atoms. The maximum absolute atomic E-state index is 9.67. The number of aryl methyl sites for hydroxylation is 1. The van der Waals surface area contributed by atoms with Gasteiger partial charge in [0.1, 0.15) is 12.4 Å². The molecule has 0 radical (unpaired) electrons. The van der Waals surface area contributed by atoms with Crippen LogP contribution in [0.25, 0.3) is 11.1 Å². The van der Waals surface area contributed by atoms with Gasteiger partial charge in [0.2, 0.25) is 5.88 Å². The van der Waals surface area contributed by atoms with Crippen LogP contribution in [0.15, 0.2) is 60.7 Å². The number of hydrogen-bond acceptors (Lipinski definition) is 6. The highest BCUT2D eigenvalue weighted by Crippen LogP contribution is 2.29. The minimum Gasteiger partial charge on any atom is -0.489 e. The molecule has 180 valence electrons. The van der Waals surface area contributed by atoms with Crippen molar-refractivity contribution in [3.8, 4) is 22.8 Å². The van der Waals surface area contributed by atoms with Crippen molar-refractivity contribution in [3.63, 3.8) is 0 Å². The van der Waals surface area contributed by atoms with Gasteiger partial charge in [-0.3, -0.25) is 0 Å². The van der Waals surface area contributed by atoms with Gasteiger partial charge in [-0.15, -0.1) is 5.10 Å². The van der Waals surface area contributed by atoms with Gasteiger partial charge in [-0.2, -0.15) is 5.10 Å². The number of aromatic nitrogens is 2. The summed E-state index contributed by atoms with van der Waals surface area (Å²) >= 11 is 0. The van der Waals surface area contributed by atoms with Gasteiger partial charge in [0, 0.05) is 43.2 Å². The SMILES string of the molecule is CCCCc1nnc(OC[C@H]2CN(C)C[C@@H]2CO)cc1-c1ccc(OCc2ccccc2)cc1. The van der Waals surface area contributed by atoms with Gasteiger partial charge in [-0.05, 0) is 43.1 Å². The monoisotopic (exact) mass is 461 g/mol. The van der Waals surface area contributed by atoms with Crippen LogP contribution in [0.3, 0.4) is 0 Å². The van der Waals surface area contributed by atoms with E-state index in [1.54, 1.807) is 0 Å². The standard InChI is InChI=1S/C28H35N3O3/c1-3-4-10-27-26(15-28(30-29-27)34-20-24-17-31(2)16-23(24)18-32)22-11-13-25(14-12-22)33-19-21-8-6-5-7-9-21/h5-9,11-15,23-24,32H,3-4,10,16-20H2,1-2H3/t23-,24-/m1/s1. The topological polar surface area (TPSA) is 67.7 Å². The summed E-state index contributed by atoms with van der Waals surface area (Å²) in [6.45, 7) is 5.26. The molecule has 1 aliphatic rings. The molecule has 0 unspecified atom stereocenters. The Hall–Kier alpha value is -2.96.